The van der Waals surface area contributed by atoms with Crippen LogP contribution in [-0.4, -0.2) is 45.6 Å². The molecule has 1 aromatic carbocycles. The number of para-hydroxylation sites is 1. The average molecular weight is 429 g/mol. The highest BCUT2D eigenvalue weighted by Crippen LogP contribution is 2.31. The average Bonchev–Trinajstić information content (AvgIpc) is 3.08. The fourth-order valence-electron chi connectivity index (χ4n) is 4.54. The molecule has 8 heteroatoms. The predicted molar refractivity (Wildman–Crippen MR) is 119 cm³/mol. The Hall–Kier alpha value is -2.87. The molecule has 0 radical (unpaired) electrons. The van der Waals surface area contributed by atoms with Crippen LogP contribution in [0.15, 0.2) is 30.3 Å². The lowest BCUT2D eigenvalue weighted by Crippen LogP contribution is -2.57. The molecule has 31 heavy (non-hydrogen) atoms. The second-order valence-electron chi connectivity index (χ2n) is 8.51. The van der Waals surface area contributed by atoms with Gasteiger partial charge in [0.25, 0.3) is 5.91 Å². The Morgan fingerprint density at radius 3 is 2.55 bits per heavy atom. The van der Waals surface area contributed by atoms with Crippen molar-refractivity contribution < 1.29 is 19.5 Å². The van der Waals surface area contributed by atoms with Crippen LogP contribution in [-0.2, 0) is 16.6 Å². The van der Waals surface area contributed by atoms with E-state index in [1.807, 2.05) is 31.3 Å². The number of nitrogens with one attached hydrogen (secondary N) is 2. The van der Waals surface area contributed by atoms with Gasteiger partial charge in [0.1, 0.15) is 11.7 Å². The number of carboxylic acid groups (broad SMARTS) is 1. The normalized spacial score (nSPS) is 16.6. The van der Waals surface area contributed by atoms with Crippen molar-refractivity contribution >= 4 is 28.7 Å². The Balaban J connectivity index is 1.78. The minimum absolute atomic E-state index is 0.112. The molecule has 1 aliphatic carbocycles. The van der Waals surface area contributed by atoms with Gasteiger partial charge in [-0.1, -0.05) is 37.5 Å². The summed E-state index contributed by atoms with van der Waals surface area (Å²) >= 11 is 0. The summed E-state index contributed by atoms with van der Waals surface area (Å²) in [5.41, 5.74) is 6.28. The monoisotopic (exact) mass is 428 g/mol. The fraction of sp³-hybridized carbons (Fsp3) is 0.522. The third-order valence-electron chi connectivity index (χ3n) is 6.19. The largest absolute Gasteiger partial charge is 0.481 e. The Kier molecular flexibility index (Phi) is 7.33. The summed E-state index contributed by atoms with van der Waals surface area (Å²) in [6.07, 6.45) is 4.90. The number of rotatable bonds is 9. The number of carbonyl (C=O) groups is 3. The topological polar surface area (TPSA) is 126 Å². The first-order valence-electron chi connectivity index (χ1n) is 10.9. The van der Waals surface area contributed by atoms with Crippen LogP contribution in [0.1, 0.15) is 61.9 Å². The van der Waals surface area contributed by atoms with Crippen LogP contribution in [0.2, 0.25) is 0 Å². The predicted octanol–water partition coefficient (Wildman–Crippen LogP) is 2.31. The molecule has 0 saturated heterocycles. The van der Waals surface area contributed by atoms with Gasteiger partial charge in [-0.05, 0) is 44.4 Å². The molecule has 1 fully saturated rings. The highest BCUT2D eigenvalue weighted by atomic mass is 16.4. The van der Waals surface area contributed by atoms with E-state index in [2.05, 4.69) is 10.6 Å². The van der Waals surface area contributed by atoms with Crippen molar-refractivity contribution in [1.29, 1.82) is 0 Å². The standard InChI is InChI=1S/C23H32N4O4/c1-27-18-10-4-3-8-16(18)14-19(27)22(31)25-17(9-7-13-24)21(30)26-23(15-20(28)29)11-5-2-6-12-23/h3-4,8,10,14,17H,2,5-7,9,11-13,15,24H2,1H3,(H,25,31)(H,26,30)(H,28,29)/t17-/m0/s1. The van der Waals surface area contributed by atoms with Crippen LogP contribution in [0.4, 0.5) is 0 Å². The highest BCUT2D eigenvalue weighted by Gasteiger charge is 2.37. The van der Waals surface area contributed by atoms with Gasteiger partial charge in [-0.3, -0.25) is 14.4 Å². The molecule has 0 bridgehead atoms. The smallest absolute Gasteiger partial charge is 0.305 e. The number of aliphatic carboxylic acids is 1. The molecular weight excluding hydrogens is 396 g/mol. The Bertz CT molecular complexity index is 946. The number of nitrogens with two attached hydrogens (primary N) is 1. The zero-order chi connectivity index (χ0) is 22.4. The highest BCUT2D eigenvalue weighted by molar-refractivity contribution is 6.00. The van der Waals surface area contributed by atoms with E-state index in [4.69, 9.17) is 5.73 Å². The lowest BCUT2D eigenvalue weighted by molar-refractivity contribution is -0.139. The first kappa shape index (κ1) is 22.8. The Morgan fingerprint density at radius 2 is 1.90 bits per heavy atom. The van der Waals surface area contributed by atoms with Crippen molar-refractivity contribution in [2.45, 2.75) is 62.9 Å². The molecule has 2 aromatic rings. The van der Waals surface area contributed by atoms with Crippen molar-refractivity contribution in [3.05, 3.63) is 36.0 Å². The first-order chi connectivity index (χ1) is 14.8. The third kappa shape index (κ3) is 5.44. The number of carbonyl (C=O) groups excluding carboxylic acids is 2. The third-order valence-corrected chi connectivity index (χ3v) is 6.19. The summed E-state index contributed by atoms with van der Waals surface area (Å²) in [4.78, 5) is 37.6. The van der Waals surface area contributed by atoms with Crippen molar-refractivity contribution in [3.63, 3.8) is 0 Å². The number of hydrogen-bond donors (Lipinski definition) is 4. The molecular formula is C23H32N4O4. The van der Waals surface area contributed by atoms with E-state index in [9.17, 15) is 19.5 Å². The van der Waals surface area contributed by atoms with E-state index >= 15 is 0 Å². The zero-order valence-electron chi connectivity index (χ0n) is 18.0. The van der Waals surface area contributed by atoms with Crippen molar-refractivity contribution in [2.75, 3.05) is 6.54 Å². The minimum Gasteiger partial charge on any atom is -0.481 e. The molecule has 1 aromatic heterocycles. The number of carboxylic acids is 1. The van der Waals surface area contributed by atoms with E-state index in [0.29, 0.717) is 37.9 Å². The number of benzene rings is 1. The van der Waals surface area contributed by atoms with Gasteiger partial charge in [0.15, 0.2) is 0 Å². The van der Waals surface area contributed by atoms with Crippen LogP contribution >= 0.6 is 0 Å². The van der Waals surface area contributed by atoms with Crippen molar-refractivity contribution in [2.24, 2.45) is 12.8 Å². The van der Waals surface area contributed by atoms with E-state index in [1.54, 1.807) is 10.6 Å². The second-order valence-corrected chi connectivity index (χ2v) is 8.51. The lowest BCUT2D eigenvalue weighted by Gasteiger charge is -2.38. The molecule has 0 unspecified atom stereocenters. The quantitative estimate of drug-likeness (QED) is 0.487. The van der Waals surface area contributed by atoms with E-state index in [-0.39, 0.29) is 18.2 Å². The van der Waals surface area contributed by atoms with Gasteiger partial charge < -0.3 is 26.0 Å². The van der Waals surface area contributed by atoms with Crippen molar-refractivity contribution in [3.8, 4) is 0 Å². The molecule has 1 aliphatic rings. The SMILES string of the molecule is Cn1c(C(=O)N[C@@H](CCCN)C(=O)NC2(CC(=O)O)CCCCC2)cc2ccccc21. The van der Waals surface area contributed by atoms with Gasteiger partial charge in [-0.2, -0.15) is 0 Å². The van der Waals surface area contributed by atoms with E-state index < -0.39 is 17.6 Å². The summed E-state index contributed by atoms with van der Waals surface area (Å²) in [5, 5.41) is 16.2. The van der Waals surface area contributed by atoms with Crippen LogP contribution in [0.3, 0.4) is 0 Å². The van der Waals surface area contributed by atoms with Gasteiger partial charge >= 0.3 is 5.97 Å². The molecule has 168 valence electrons. The number of aromatic nitrogens is 1. The summed E-state index contributed by atoms with van der Waals surface area (Å²) in [6, 6.07) is 8.71. The fourth-order valence-corrected chi connectivity index (χ4v) is 4.54. The maximum atomic E-state index is 13.2. The summed E-state index contributed by atoms with van der Waals surface area (Å²) in [6.45, 7) is 0.397. The van der Waals surface area contributed by atoms with Crippen LogP contribution < -0.4 is 16.4 Å². The van der Waals surface area contributed by atoms with Crippen molar-refractivity contribution in [1.82, 2.24) is 15.2 Å². The van der Waals surface area contributed by atoms with E-state index in [0.717, 1.165) is 30.2 Å². The Morgan fingerprint density at radius 1 is 1.19 bits per heavy atom. The molecule has 2 amide bonds. The molecule has 1 heterocycles. The van der Waals surface area contributed by atoms with E-state index in [1.165, 1.54) is 0 Å². The Labute approximate surface area is 182 Å². The molecule has 0 spiro atoms. The maximum Gasteiger partial charge on any atom is 0.305 e. The molecule has 5 N–H and O–H groups in total. The van der Waals surface area contributed by atoms with Crippen LogP contribution in [0.5, 0.6) is 0 Å². The first-order valence-corrected chi connectivity index (χ1v) is 10.9. The van der Waals surface area contributed by atoms with Gasteiger partial charge in [0.2, 0.25) is 5.91 Å². The number of nitrogens with zero attached hydrogens (tertiary/aromatic N) is 1. The number of fused-ring (bicyclic) bond motifs is 1. The maximum absolute atomic E-state index is 13.2. The van der Waals surface area contributed by atoms with Gasteiger partial charge in [-0.15, -0.1) is 0 Å². The summed E-state index contributed by atoms with van der Waals surface area (Å²) in [7, 11) is 1.82. The minimum atomic E-state index is -0.930. The van der Waals surface area contributed by atoms with Crippen LogP contribution in [0, 0.1) is 0 Å². The summed E-state index contributed by atoms with van der Waals surface area (Å²) < 4.78 is 1.80. The molecule has 1 atom stereocenters. The van der Waals surface area contributed by atoms with Gasteiger partial charge in [0.05, 0.1) is 12.0 Å². The molecule has 8 nitrogen and oxygen atoms in total. The number of aryl methyl sites for hydroxylation is 1. The molecule has 3 rings (SSSR count). The lowest BCUT2D eigenvalue weighted by atomic mass is 9.79. The molecule has 0 aliphatic heterocycles. The second kappa shape index (κ2) is 9.96. The molecule has 1 saturated carbocycles. The number of hydrogen-bond acceptors (Lipinski definition) is 4. The van der Waals surface area contributed by atoms with Gasteiger partial charge in [0, 0.05) is 18.0 Å². The zero-order valence-corrected chi connectivity index (χ0v) is 18.0. The summed E-state index contributed by atoms with van der Waals surface area (Å²) in [5.74, 6) is -1.62. The number of amides is 2. The van der Waals surface area contributed by atoms with Gasteiger partial charge in [-0.25, -0.2) is 0 Å². The van der Waals surface area contributed by atoms with Crippen LogP contribution in [0.25, 0.3) is 10.9 Å².